The first-order valence-electron chi connectivity index (χ1n) is 6.03. The monoisotopic (exact) mass is 250 g/mol. The first-order valence-corrected chi connectivity index (χ1v) is 6.03. The van der Waals surface area contributed by atoms with Gasteiger partial charge in [0.1, 0.15) is 5.69 Å². The number of nitrogens with zero attached hydrogens (tertiary/aromatic N) is 2. The Labute approximate surface area is 106 Å². The second kappa shape index (κ2) is 4.81. The van der Waals surface area contributed by atoms with Gasteiger partial charge in [-0.2, -0.15) is 0 Å². The van der Waals surface area contributed by atoms with E-state index in [0.29, 0.717) is 12.1 Å². The Morgan fingerprint density at radius 1 is 1.50 bits per heavy atom. The lowest BCUT2D eigenvalue weighted by Crippen LogP contribution is -2.54. The van der Waals surface area contributed by atoms with Gasteiger partial charge in [0.15, 0.2) is 0 Å². The highest BCUT2D eigenvalue weighted by Gasteiger charge is 2.23. The lowest BCUT2D eigenvalue weighted by Gasteiger charge is -2.39. The van der Waals surface area contributed by atoms with E-state index < -0.39 is 4.92 Å². The summed E-state index contributed by atoms with van der Waals surface area (Å²) in [6, 6.07) is 5.68. The molecule has 98 valence electrons. The SMILES string of the molecule is CC1CN(c2ccc([N+](=O)[O-])c(N)c2)C(C)CN1. The lowest BCUT2D eigenvalue weighted by atomic mass is 10.1. The molecular formula is C12H18N4O2. The zero-order valence-corrected chi connectivity index (χ0v) is 10.6. The number of benzene rings is 1. The van der Waals surface area contributed by atoms with Crippen LogP contribution in [0.3, 0.4) is 0 Å². The summed E-state index contributed by atoms with van der Waals surface area (Å²) in [5.41, 5.74) is 6.85. The van der Waals surface area contributed by atoms with E-state index in [2.05, 4.69) is 24.1 Å². The van der Waals surface area contributed by atoms with Crippen LogP contribution in [-0.4, -0.2) is 30.1 Å². The van der Waals surface area contributed by atoms with E-state index >= 15 is 0 Å². The summed E-state index contributed by atoms with van der Waals surface area (Å²) in [4.78, 5) is 12.5. The van der Waals surface area contributed by atoms with Gasteiger partial charge in [0.05, 0.1) is 4.92 Å². The number of hydrogen-bond acceptors (Lipinski definition) is 5. The van der Waals surface area contributed by atoms with Crippen LogP contribution in [0.25, 0.3) is 0 Å². The molecule has 0 bridgehead atoms. The molecule has 1 fully saturated rings. The van der Waals surface area contributed by atoms with E-state index in [1.54, 1.807) is 12.1 Å². The maximum atomic E-state index is 10.7. The zero-order valence-electron chi connectivity index (χ0n) is 10.6. The van der Waals surface area contributed by atoms with Crippen molar-refractivity contribution in [1.29, 1.82) is 0 Å². The summed E-state index contributed by atoms with van der Waals surface area (Å²) in [7, 11) is 0. The third-order valence-corrected chi connectivity index (χ3v) is 3.30. The molecule has 6 nitrogen and oxygen atoms in total. The summed E-state index contributed by atoms with van der Waals surface area (Å²) < 4.78 is 0. The van der Waals surface area contributed by atoms with Gasteiger partial charge in [-0.25, -0.2) is 0 Å². The second-order valence-corrected chi connectivity index (χ2v) is 4.81. The van der Waals surface area contributed by atoms with Crippen molar-refractivity contribution in [2.75, 3.05) is 23.7 Å². The molecule has 2 rings (SSSR count). The Kier molecular flexibility index (Phi) is 3.38. The highest BCUT2D eigenvalue weighted by molar-refractivity contribution is 5.67. The summed E-state index contributed by atoms with van der Waals surface area (Å²) >= 11 is 0. The lowest BCUT2D eigenvalue weighted by molar-refractivity contribution is -0.383. The standard InChI is InChI=1S/C12H18N4O2/c1-8-7-15(9(2)6-14-8)10-3-4-12(16(17)18)11(13)5-10/h3-5,8-9,14H,6-7,13H2,1-2H3. The van der Waals surface area contributed by atoms with Crippen LogP contribution >= 0.6 is 0 Å². The van der Waals surface area contributed by atoms with Gasteiger partial charge in [-0.05, 0) is 26.0 Å². The van der Waals surface area contributed by atoms with Gasteiger partial charge in [0.2, 0.25) is 0 Å². The van der Waals surface area contributed by atoms with Crippen LogP contribution in [0.4, 0.5) is 17.1 Å². The molecule has 3 N–H and O–H groups in total. The molecular weight excluding hydrogens is 232 g/mol. The highest BCUT2D eigenvalue weighted by Crippen LogP contribution is 2.28. The molecule has 0 spiro atoms. The molecule has 6 heteroatoms. The van der Waals surface area contributed by atoms with E-state index in [1.165, 1.54) is 6.07 Å². The molecule has 0 saturated carbocycles. The molecule has 2 atom stereocenters. The van der Waals surface area contributed by atoms with Crippen molar-refractivity contribution in [1.82, 2.24) is 5.32 Å². The first kappa shape index (κ1) is 12.6. The molecule has 0 aromatic heterocycles. The number of nitrogen functional groups attached to an aromatic ring is 1. The molecule has 1 heterocycles. The van der Waals surface area contributed by atoms with E-state index in [4.69, 9.17) is 5.73 Å². The summed E-state index contributed by atoms with van der Waals surface area (Å²) in [6.07, 6.45) is 0. The predicted octanol–water partition coefficient (Wildman–Crippen LogP) is 1.36. The normalized spacial score (nSPS) is 24.0. The van der Waals surface area contributed by atoms with Crippen molar-refractivity contribution in [3.63, 3.8) is 0 Å². The molecule has 1 saturated heterocycles. The fourth-order valence-electron chi connectivity index (χ4n) is 2.27. The van der Waals surface area contributed by atoms with Crippen LogP contribution < -0.4 is 16.0 Å². The Bertz CT molecular complexity index is 463. The van der Waals surface area contributed by atoms with Crippen molar-refractivity contribution in [3.05, 3.63) is 28.3 Å². The molecule has 18 heavy (non-hydrogen) atoms. The van der Waals surface area contributed by atoms with Crippen LogP contribution in [-0.2, 0) is 0 Å². The van der Waals surface area contributed by atoms with Gasteiger partial charge in [0, 0.05) is 36.9 Å². The number of rotatable bonds is 2. The fraction of sp³-hybridized carbons (Fsp3) is 0.500. The van der Waals surface area contributed by atoms with Crippen LogP contribution in [0.5, 0.6) is 0 Å². The smallest absolute Gasteiger partial charge is 0.292 e. The van der Waals surface area contributed by atoms with Gasteiger partial charge in [-0.1, -0.05) is 0 Å². The molecule has 1 aliphatic heterocycles. The average Bonchev–Trinajstić information content (AvgIpc) is 2.31. The Balaban J connectivity index is 2.28. The second-order valence-electron chi connectivity index (χ2n) is 4.81. The largest absolute Gasteiger partial charge is 0.393 e. The Morgan fingerprint density at radius 2 is 2.22 bits per heavy atom. The minimum atomic E-state index is -0.455. The molecule has 0 amide bonds. The number of nitrogens with two attached hydrogens (primary N) is 1. The maximum Gasteiger partial charge on any atom is 0.292 e. The number of nitro benzene ring substituents is 1. The van der Waals surface area contributed by atoms with Crippen molar-refractivity contribution < 1.29 is 4.92 Å². The third kappa shape index (κ3) is 2.38. The number of nitro groups is 1. The summed E-state index contributed by atoms with van der Waals surface area (Å²) in [5.74, 6) is 0. The molecule has 0 radical (unpaired) electrons. The summed E-state index contributed by atoms with van der Waals surface area (Å²) in [6.45, 7) is 6.01. The van der Waals surface area contributed by atoms with E-state index in [-0.39, 0.29) is 11.4 Å². The van der Waals surface area contributed by atoms with Gasteiger partial charge >= 0.3 is 0 Å². The fourth-order valence-corrected chi connectivity index (χ4v) is 2.27. The topological polar surface area (TPSA) is 84.4 Å². The van der Waals surface area contributed by atoms with E-state index in [1.807, 2.05) is 0 Å². The number of hydrogen-bond donors (Lipinski definition) is 2. The first-order chi connectivity index (χ1) is 8.49. The molecule has 0 aliphatic carbocycles. The summed E-state index contributed by atoms with van der Waals surface area (Å²) in [5, 5.41) is 14.1. The average molecular weight is 250 g/mol. The molecule has 1 aliphatic rings. The van der Waals surface area contributed by atoms with Crippen LogP contribution in [0.2, 0.25) is 0 Å². The minimum Gasteiger partial charge on any atom is -0.393 e. The molecule has 1 aromatic rings. The van der Waals surface area contributed by atoms with Crippen LogP contribution in [0.15, 0.2) is 18.2 Å². The van der Waals surface area contributed by atoms with Gasteiger partial charge in [-0.3, -0.25) is 10.1 Å². The third-order valence-electron chi connectivity index (χ3n) is 3.30. The Morgan fingerprint density at radius 3 is 2.83 bits per heavy atom. The number of piperazine rings is 1. The van der Waals surface area contributed by atoms with E-state index in [0.717, 1.165) is 18.8 Å². The van der Waals surface area contributed by atoms with E-state index in [9.17, 15) is 10.1 Å². The molecule has 1 aromatic carbocycles. The maximum absolute atomic E-state index is 10.7. The zero-order chi connectivity index (χ0) is 13.3. The Hall–Kier alpha value is -1.82. The number of anilines is 2. The van der Waals surface area contributed by atoms with Crippen molar-refractivity contribution >= 4 is 17.1 Å². The van der Waals surface area contributed by atoms with Crippen LogP contribution in [0.1, 0.15) is 13.8 Å². The quantitative estimate of drug-likeness (QED) is 0.470. The van der Waals surface area contributed by atoms with Crippen LogP contribution in [0, 0.1) is 10.1 Å². The predicted molar refractivity (Wildman–Crippen MR) is 71.8 cm³/mol. The van der Waals surface area contributed by atoms with Gasteiger partial charge in [-0.15, -0.1) is 0 Å². The van der Waals surface area contributed by atoms with Crippen molar-refractivity contribution in [3.8, 4) is 0 Å². The number of nitrogens with one attached hydrogen (secondary N) is 1. The van der Waals surface area contributed by atoms with Crippen molar-refractivity contribution in [2.24, 2.45) is 0 Å². The van der Waals surface area contributed by atoms with Gasteiger partial charge < -0.3 is 16.0 Å². The molecule has 2 unspecified atom stereocenters. The van der Waals surface area contributed by atoms with Gasteiger partial charge in [0.25, 0.3) is 5.69 Å². The van der Waals surface area contributed by atoms with Crippen molar-refractivity contribution in [2.45, 2.75) is 25.9 Å². The minimum absolute atomic E-state index is 0.0328. The highest BCUT2D eigenvalue weighted by atomic mass is 16.6.